The number of benzene rings is 2. The third-order valence-electron chi connectivity index (χ3n) is 9.13. The topological polar surface area (TPSA) is 197 Å². The molecular formula is C36H42ClF3N8O6. The van der Waals surface area contributed by atoms with Crippen LogP contribution in [0.4, 0.5) is 30.8 Å². The highest BCUT2D eigenvalue weighted by Gasteiger charge is 2.45. The van der Waals surface area contributed by atoms with Crippen LogP contribution in [0.2, 0.25) is 5.02 Å². The van der Waals surface area contributed by atoms with Crippen LogP contribution in [0.1, 0.15) is 75.2 Å². The Morgan fingerprint density at radius 2 is 1.63 bits per heavy atom. The molecule has 54 heavy (non-hydrogen) atoms. The highest BCUT2D eigenvalue weighted by atomic mass is 35.5. The second-order valence-corrected chi connectivity index (χ2v) is 15.0. The van der Waals surface area contributed by atoms with Gasteiger partial charge in [-0.3, -0.25) is 14.4 Å². The van der Waals surface area contributed by atoms with Crippen molar-refractivity contribution in [2.75, 3.05) is 23.8 Å². The number of nitrogens with one attached hydrogen (secondary N) is 5. The number of carbonyl (C=O) groups excluding carboxylic acids is 3. The van der Waals surface area contributed by atoms with E-state index in [1.807, 2.05) is 12.1 Å². The predicted octanol–water partition coefficient (Wildman–Crippen LogP) is 5.33. The van der Waals surface area contributed by atoms with Gasteiger partial charge in [0, 0.05) is 28.9 Å². The molecule has 2 aromatic carbocycles. The molecule has 0 radical (unpaired) electrons. The monoisotopic (exact) mass is 774 g/mol. The van der Waals surface area contributed by atoms with E-state index in [1.165, 1.54) is 24.3 Å². The third kappa shape index (κ3) is 11.4. The lowest BCUT2D eigenvalue weighted by Gasteiger charge is -2.39. The van der Waals surface area contributed by atoms with Gasteiger partial charge in [-0.05, 0) is 91.8 Å². The van der Waals surface area contributed by atoms with Crippen molar-refractivity contribution in [2.45, 2.75) is 83.1 Å². The number of carboxylic acid groups (broad SMARTS) is 1. The summed E-state index contributed by atoms with van der Waals surface area (Å²) < 4.78 is 43.6. The van der Waals surface area contributed by atoms with Crippen molar-refractivity contribution in [3.63, 3.8) is 0 Å². The molecule has 2 fully saturated rings. The van der Waals surface area contributed by atoms with Crippen LogP contribution >= 0.6 is 11.6 Å². The maximum absolute atomic E-state index is 12.9. The van der Waals surface area contributed by atoms with Crippen LogP contribution in [0, 0.1) is 11.3 Å². The largest absolute Gasteiger partial charge is 0.480 e. The van der Waals surface area contributed by atoms with E-state index in [0.717, 1.165) is 24.8 Å². The first-order chi connectivity index (χ1) is 25.4. The molecule has 2 aliphatic carbocycles. The van der Waals surface area contributed by atoms with Crippen molar-refractivity contribution in [1.29, 1.82) is 0 Å². The second-order valence-electron chi connectivity index (χ2n) is 14.6. The molecule has 0 aliphatic heterocycles. The summed E-state index contributed by atoms with van der Waals surface area (Å²) in [7, 11) is 0. The van der Waals surface area contributed by atoms with Gasteiger partial charge in [0.25, 0.3) is 5.91 Å². The highest BCUT2D eigenvalue weighted by molar-refractivity contribution is 6.35. The number of carbonyl (C=O) groups is 4. The van der Waals surface area contributed by atoms with Crippen molar-refractivity contribution in [3.8, 4) is 6.01 Å². The molecule has 3 amide bonds. The maximum atomic E-state index is 12.9. The number of ether oxygens (including phenoxy) is 1. The number of aromatic nitrogens is 3. The Labute approximate surface area is 314 Å². The van der Waals surface area contributed by atoms with Gasteiger partial charge < -0.3 is 36.4 Å². The molecule has 2 aliphatic rings. The zero-order valence-corrected chi connectivity index (χ0v) is 30.6. The average Bonchev–Trinajstić information content (AvgIpc) is 3.86. The average molecular weight is 775 g/mol. The van der Waals surface area contributed by atoms with E-state index >= 15 is 0 Å². The predicted molar refractivity (Wildman–Crippen MR) is 192 cm³/mol. The Kier molecular flexibility index (Phi) is 12.2. The SMILES string of the molecule is CC1CC(NC(=O)C(=O)NCC[C@H](NC(=O)c2ccc(Nc3nc(NC4(c5ccc(Cl)cc5)CC4)nc(OCC(F)(F)F)n3)cc2)C(=O)O)CC(C)(C)C1. The Hall–Kier alpha value is -5.19. The van der Waals surface area contributed by atoms with E-state index < -0.39 is 54.1 Å². The van der Waals surface area contributed by atoms with Gasteiger partial charge >= 0.3 is 30.0 Å². The molecule has 0 bridgehead atoms. The molecule has 2 unspecified atom stereocenters. The third-order valence-corrected chi connectivity index (χ3v) is 9.38. The van der Waals surface area contributed by atoms with E-state index in [1.54, 1.807) is 12.1 Å². The van der Waals surface area contributed by atoms with Crippen molar-refractivity contribution >= 4 is 52.9 Å². The first-order valence-corrected chi connectivity index (χ1v) is 17.8. The summed E-state index contributed by atoms with van der Waals surface area (Å²) in [6.45, 7) is 4.52. The Bertz CT molecular complexity index is 1840. The number of carboxylic acids is 1. The number of aliphatic carboxylic acids is 1. The molecule has 3 aromatic rings. The van der Waals surface area contributed by atoms with Crippen LogP contribution in [0.25, 0.3) is 0 Å². The Balaban J connectivity index is 1.17. The van der Waals surface area contributed by atoms with E-state index in [4.69, 9.17) is 16.3 Å². The van der Waals surface area contributed by atoms with Gasteiger partial charge in [0.05, 0.1) is 5.54 Å². The van der Waals surface area contributed by atoms with E-state index in [-0.39, 0.29) is 41.9 Å². The first-order valence-electron chi connectivity index (χ1n) is 17.4. The molecule has 2 saturated carbocycles. The quantitative estimate of drug-likeness (QED) is 0.116. The molecule has 14 nitrogen and oxygen atoms in total. The van der Waals surface area contributed by atoms with Crippen LogP contribution in [0.3, 0.4) is 0 Å². The fourth-order valence-corrected chi connectivity index (χ4v) is 6.85. The lowest BCUT2D eigenvalue weighted by Crippen LogP contribution is -2.49. The number of amides is 3. The summed E-state index contributed by atoms with van der Waals surface area (Å²) in [5, 5.41) is 23.9. The summed E-state index contributed by atoms with van der Waals surface area (Å²) in [5.41, 5.74) is 0.793. The molecule has 5 rings (SSSR count). The minimum absolute atomic E-state index is 0.0339. The fourth-order valence-electron chi connectivity index (χ4n) is 6.72. The van der Waals surface area contributed by atoms with Gasteiger partial charge in [0.2, 0.25) is 11.9 Å². The Morgan fingerprint density at radius 3 is 2.24 bits per heavy atom. The van der Waals surface area contributed by atoms with Gasteiger partial charge in [0.15, 0.2) is 6.61 Å². The zero-order chi connectivity index (χ0) is 39.3. The summed E-state index contributed by atoms with van der Waals surface area (Å²) in [5.74, 6) is -3.54. The van der Waals surface area contributed by atoms with Crippen molar-refractivity contribution in [2.24, 2.45) is 11.3 Å². The van der Waals surface area contributed by atoms with Gasteiger partial charge in [-0.25, -0.2) is 4.79 Å². The van der Waals surface area contributed by atoms with Crippen molar-refractivity contribution < 1.29 is 42.2 Å². The summed E-state index contributed by atoms with van der Waals surface area (Å²) in [6, 6.07) is 10.7. The van der Waals surface area contributed by atoms with Crippen molar-refractivity contribution in [3.05, 3.63) is 64.7 Å². The molecule has 1 heterocycles. The standard InChI is InChI=1S/C36H42ClF3N8O6/c1-20-16-25(18-34(2,3)17-20)42-29(51)28(50)41-15-12-26(30(52)53)44-27(49)21-4-10-24(11-5-21)43-31-45-32(47-33(46-31)54-19-36(38,39)40)48-35(13-14-35)22-6-8-23(37)9-7-22/h4-11,20,25-26H,12-19H2,1-3H3,(H,41,50)(H,42,51)(H,44,49)(H,52,53)(H2,43,45,46,47,48)/t20?,25?,26-/m0/s1. The van der Waals surface area contributed by atoms with Crippen LogP contribution in [-0.4, -0.2) is 75.2 Å². The minimum atomic E-state index is -4.64. The zero-order valence-electron chi connectivity index (χ0n) is 29.8. The first kappa shape index (κ1) is 40.0. The van der Waals surface area contributed by atoms with Crippen LogP contribution in [-0.2, 0) is 19.9 Å². The maximum Gasteiger partial charge on any atom is 0.422 e. The lowest BCUT2D eigenvalue weighted by atomic mass is 9.70. The van der Waals surface area contributed by atoms with E-state index in [2.05, 4.69) is 62.3 Å². The molecule has 290 valence electrons. The summed E-state index contributed by atoms with van der Waals surface area (Å²) >= 11 is 6.02. The summed E-state index contributed by atoms with van der Waals surface area (Å²) in [6.07, 6.45) is -0.895. The number of hydrogen-bond donors (Lipinski definition) is 6. The lowest BCUT2D eigenvalue weighted by molar-refractivity contribution is -0.154. The van der Waals surface area contributed by atoms with E-state index in [9.17, 15) is 37.5 Å². The normalized spacial score (nSPS) is 19.1. The minimum Gasteiger partial charge on any atom is -0.480 e. The Morgan fingerprint density at radius 1 is 0.963 bits per heavy atom. The number of rotatable bonds is 14. The highest BCUT2D eigenvalue weighted by Crippen LogP contribution is 2.48. The van der Waals surface area contributed by atoms with Gasteiger partial charge in [-0.2, -0.15) is 28.1 Å². The van der Waals surface area contributed by atoms with Crippen molar-refractivity contribution in [1.82, 2.24) is 30.9 Å². The number of alkyl halides is 3. The van der Waals surface area contributed by atoms with Crippen LogP contribution in [0.5, 0.6) is 6.01 Å². The number of nitrogens with zero attached hydrogens (tertiary/aromatic N) is 3. The smallest absolute Gasteiger partial charge is 0.422 e. The molecule has 0 spiro atoms. The molecule has 1 aromatic heterocycles. The molecule has 0 saturated heterocycles. The second kappa shape index (κ2) is 16.4. The van der Waals surface area contributed by atoms with Gasteiger partial charge in [0.1, 0.15) is 6.04 Å². The number of hydrogen-bond acceptors (Lipinski definition) is 10. The van der Waals surface area contributed by atoms with Crippen LogP contribution in [0.15, 0.2) is 48.5 Å². The van der Waals surface area contributed by atoms with Gasteiger partial charge in [-0.1, -0.05) is 44.5 Å². The van der Waals surface area contributed by atoms with Gasteiger partial charge in [-0.15, -0.1) is 0 Å². The van der Waals surface area contributed by atoms with E-state index in [0.29, 0.717) is 29.5 Å². The number of anilines is 3. The number of halogens is 4. The molecule has 3 atom stereocenters. The molecular weight excluding hydrogens is 733 g/mol. The molecule has 18 heteroatoms. The fraction of sp³-hybridized carbons (Fsp3) is 0.472. The van der Waals surface area contributed by atoms with Crippen LogP contribution < -0.4 is 31.3 Å². The molecule has 6 N–H and O–H groups in total. The summed E-state index contributed by atoms with van der Waals surface area (Å²) in [4.78, 5) is 62.1.